The van der Waals surface area contributed by atoms with Crippen molar-refractivity contribution < 1.29 is 4.79 Å². The number of hydrazone groups is 1. The van der Waals surface area contributed by atoms with Crippen LogP contribution in [0, 0.1) is 17.3 Å². The first-order chi connectivity index (χ1) is 9.63. The number of benzene rings is 1. The predicted molar refractivity (Wildman–Crippen MR) is 80.7 cm³/mol. The SMILES string of the molecule is C[C@]12CCCC[C@H]1[C@H]2C(=O)N/N=C/c1ccccc1Cl. The highest BCUT2D eigenvalue weighted by atomic mass is 35.5. The van der Waals surface area contributed by atoms with Crippen molar-refractivity contribution in [3.05, 3.63) is 34.9 Å². The summed E-state index contributed by atoms with van der Waals surface area (Å²) in [6.45, 7) is 2.23. The third-order valence-corrected chi connectivity index (χ3v) is 5.24. The number of nitrogens with zero attached hydrogens (tertiary/aromatic N) is 1. The van der Waals surface area contributed by atoms with Crippen molar-refractivity contribution in [3.63, 3.8) is 0 Å². The van der Waals surface area contributed by atoms with Gasteiger partial charge in [0.1, 0.15) is 0 Å². The summed E-state index contributed by atoms with van der Waals surface area (Å²) in [4.78, 5) is 12.2. The highest BCUT2D eigenvalue weighted by Crippen LogP contribution is 2.66. The van der Waals surface area contributed by atoms with Crippen molar-refractivity contribution in [2.45, 2.75) is 32.6 Å². The Hall–Kier alpha value is -1.35. The van der Waals surface area contributed by atoms with E-state index in [1.807, 2.05) is 18.2 Å². The maximum absolute atomic E-state index is 12.2. The van der Waals surface area contributed by atoms with E-state index in [1.165, 1.54) is 25.7 Å². The molecule has 2 saturated carbocycles. The molecule has 0 aromatic heterocycles. The number of hydrogen-bond acceptors (Lipinski definition) is 2. The lowest BCUT2D eigenvalue weighted by Gasteiger charge is -2.15. The molecule has 1 N–H and O–H groups in total. The molecule has 20 heavy (non-hydrogen) atoms. The Kier molecular flexibility index (Phi) is 3.55. The van der Waals surface area contributed by atoms with Crippen LogP contribution in [0.2, 0.25) is 5.02 Å². The third-order valence-electron chi connectivity index (χ3n) is 4.90. The van der Waals surface area contributed by atoms with Gasteiger partial charge in [-0.2, -0.15) is 5.10 Å². The lowest BCUT2D eigenvalue weighted by molar-refractivity contribution is -0.123. The van der Waals surface area contributed by atoms with E-state index in [0.29, 0.717) is 10.9 Å². The fourth-order valence-corrected chi connectivity index (χ4v) is 3.85. The first-order valence-electron chi connectivity index (χ1n) is 7.20. The Morgan fingerprint density at radius 3 is 2.95 bits per heavy atom. The Labute approximate surface area is 124 Å². The maximum Gasteiger partial charge on any atom is 0.244 e. The molecule has 3 atom stereocenters. The lowest BCUT2D eigenvalue weighted by Crippen LogP contribution is -2.22. The standard InChI is InChI=1S/C16H19ClN2O/c1-16-9-5-4-7-12(16)14(16)15(20)19-18-10-11-6-2-3-8-13(11)17/h2-3,6,8,10,12,14H,4-5,7,9H2,1H3,(H,19,20)/b18-10+/t12-,14-,16-/m0/s1. The molecule has 2 fully saturated rings. The highest BCUT2D eigenvalue weighted by Gasteiger charge is 2.64. The molecule has 0 unspecified atom stereocenters. The van der Waals surface area contributed by atoms with Crippen molar-refractivity contribution in [1.82, 2.24) is 5.43 Å². The number of nitrogens with one attached hydrogen (secondary N) is 1. The summed E-state index contributed by atoms with van der Waals surface area (Å²) < 4.78 is 0. The number of carbonyl (C=O) groups is 1. The summed E-state index contributed by atoms with van der Waals surface area (Å²) in [6.07, 6.45) is 6.47. The molecule has 1 aromatic rings. The molecule has 0 radical (unpaired) electrons. The van der Waals surface area contributed by atoms with Crippen LogP contribution < -0.4 is 5.43 Å². The minimum Gasteiger partial charge on any atom is -0.273 e. The van der Waals surface area contributed by atoms with Gasteiger partial charge in [-0.05, 0) is 30.2 Å². The van der Waals surface area contributed by atoms with Crippen LogP contribution in [0.5, 0.6) is 0 Å². The molecule has 0 aliphatic heterocycles. The largest absolute Gasteiger partial charge is 0.273 e. The molecule has 0 saturated heterocycles. The average molecular weight is 291 g/mol. The van der Waals surface area contributed by atoms with Gasteiger partial charge in [0.05, 0.1) is 6.21 Å². The van der Waals surface area contributed by atoms with E-state index in [-0.39, 0.29) is 17.2 Å². The normalized spacial score (nSPS) is 31.9. The first kappa shape index (κ1) is 13.6. The smallest absolute Gasteiger partial charge is 0.244 e. The third kappa shape index (κ3) is 2.35. The molecular formula is C16H19ClN2O. The molecule has 2 aliphatic carbocycles. The monoisotopic (exact) mass is 290 g/mol. The second kappa shape index (κ2) is 5.21. The zero-order chi connectivity index (χ0) is 14.2. The zero-order valence-electron chi connectivity index (χ0n) is 11.6. The molecule has 1 aromatic carbocycles. The summed E-state index contributed by atoms with van der Waals surface area (Å²) in [5.41, 5.74) is 3.71. The van der Waals surface area contributed by atoms with Crippen molar-refractivity contribution >= 4 is 23.7 Å². The molecule has 0 bridgehead atoms. The Bertz CT molecular complexity index is 557. The van der Waals surface area contributed by atoms with Crippen molar-refractivity contribution in [1.29, 1.82) is 0 Å². The van der Waals surface area contributed by atoms with Crippen LogP contribution in [0.4, 0.5) is 0 Å². The Balaban J connectivity index is 1.60. The molecule has 2 aliphatic rings. The minimum atomic E-state index is 0.0581. The molecule has 3 rings (SSSR count). The summed E-state index contributed by atoms with van der Waals surface area (Å²) in [5.74, 6) is 0.767. The quantitative estimate of drug-likeness (QED) is 0.670. The van der Waals surface area contributed by atoms with E-state index in [1.54, 1.807) is 12.3 Å². The average Bonchev–Trinajstić information content (AvgIpc) is 3.06. The van der Waals surface area contributed by atoms with Gasteiger partial charge in [0.2, 0.25) is 5.91 Å². The van der Waals surface area contributed by atoms with Crippen molar-refractivity contribution in [2.24, 2.45) is 22.4 Å². The Morgan fingerprint density at radius 1 is 1.45 bits per heavy atom. The lowest BCUT2D eigenvalue weighted by atomic mass is 9.90. The van der Waals surface area contributed by atoms with Gasteiger partial charge in [-0.3, -0.25) is 4.79 Å². The first-order valence-corrected chi connectivity index (χ1v) is 7.58. The molecule has 0 spiro atoms. The van der Waals surface area contributed by atoms with Crippen molar-refractivity contribution in [2.75, 3.05) is 0 Å². The van der Waals surface area contributed by atoms with E-state index in [0.717, 1.165) is 5.56 Å². The van der Waals surface area contributed by atoms with Crippen LogP contribution in [-0.4, -0.2) is 12.1 Å². The molecule has 0 heterocycles. The number of halogens is 1. The number of carbonyl (C=O) groups excluding carboxylic acids is 1. The van der Waals surface area contributed by atoms with Gasteiger partial charge in [-0.15, -0.1) is 0 Å². The number of fused-ring (bicyclic) bond motifs is 1. The van der Waals surface area contributed by atoms with Gasteiger partial charge in [-0.25, -0.2) is 5.43 Å². The van der Waals surface area contributed by atoms with Crippen LogP contribution in [-0.2, 0) is 4.79 Å². The highest BCUT2D eigenvalue weighted by molar-refractivity contribution is 6.33. The second-order valence-corrected chi connectivity index (χ2v) is 6.50. The van der Waals surface area contributed by atoms with Gasteiger partial charge in [0.25, 0.3) is 0 Å². The van der Waals surface area contributed by atoms with E-state index < -0.39 is 0 Å². The van der Waals surface area contributed by atoms with Gasteiger partial charge >= 0.3 is 0 Å². The van der Waals surface area contributed by atoms with Crippen LogP contribution in [0.25, 0.3) is 0 Å². The Morgan fingerprint density at radius 2 is 2.25 bits per heavy atom. The second-order valence-electron chi connectivity index (χ2n) is 6.09. The number of hydrogen-bond donors (Lipinski definition) is 1. The van der Waals surface area contributed by atoms with E-state index in [2.05, 4.69) is 17.5 Å². The van der Waals surface area contributed by atoms with E-state index >= 15 is 0 Å². The van der Waals surface area contributed by atoms with Crippen LogP contribution >= 0.6 is 11.6 Å². The molecule has 3 nitrogen and oxygen atoms in total. The summed E-state index contributed by atoms with van der Waals surface area (Å²) >= 11 is 6.03. The minimum absolute atomic E-state index is 0.0581. The summed E-state index contributed by atoms with van der Waals surface area (Å²) in [6, 6.07) is 7.44. The van der Waals surface area contributed by atoms with Crippen LogP contribution in [0.15, 0.2) is 29.4 Å². The molecule has 1 amide bonds. The van der Waals surface area contributed by atoms with Crippen molar-refractivity contribution in [3.8, 4) is 0 Å². The zero-order valence-corrected chi connectivity index (χ0v) is 12.4. The van der Waals surface area contributed by atoms with Crippen LogP contribution in [0.1, 0.15) is 38.2 Å². The summed E-state index contributed by atoms with van der Waals surface area (Å²) in [5, 5.41) is 4.68. The fraction of sp³-hybridized carbons (Fsp3) is 0.500. The van der Waals surface area contributed by atoms with Gasteiger partial charge in [-0.1, -0.05) is 49.6 Å². The fourth-order valence-electron chi connectivity index (χ4n) is 3.67. The topological polar surface area (TPSA) is 41.5 Å². The number of amides is 1. The molecule has 4 heteroatoms. The molecular weight excluding hydrogens is 272 g/mol. The predicted octanol–water partition coefficient (Wildman–Crippen LogP) is 3.62. The van der Waals surface area contributed by atoms with Gasteiger partial charge < -0.3 is 0 Å². The number of rotatable bonds is 3. The van der Waals surface area contributed by atoms with Crippen LogP contribution in [0.3, 0.4) is 0 Å². The van der Waals surface area contributed by atoms with E-state index in [4.69, 9.17) is 11.6 Å². The van der Waals surface area contributed by atoms with Gasteiger partial charge in [0.15, 0.2) is 0 Å². The maximum atomic E-state index is 12.2. The molecule has 106 valence electrons. The summed E-state index contributed by atoms with van der Waals surface area (Å²) in [7, 11) is 0. The van der Waals surface area contributed by atoms with E-state index in [9.17, 15) is 4.79 Å². The van der Waals surface area contributed by atoms with Gasteiger partial charge in [0, 0.05) is 16.5 Å².